The van der Waals surface area contributed by atoms with Crippen molar-refractivity contribution >= 4 is 47.3 Å². The minimum absolute atomic E-state index is 0.0140. The van der Waals surface area contributed by atoms with Crippen LogP contribution in [0.25, 0.3) is 0 Å². The monoisotopic (exact) mass is 855 g/mol. The van der Waals surface area contributed by atoms with Crippen molar-refractivity contribution in [2.45, 2.75) is 64.7 Å². The topological polar surface area (TPSA) is 321 Å². The maximum absolute atomic E-state index is 12.6. The normalized spacial score (nSPS) is 19.8. The molecule has 1 heterocycles. The van der Waals surface area contributed by atoms with E-state index in [1.807, 2.05) is 6.92 Å². The number of nitrogens with zero attached hydrogens (tertiary/aromatic N) is 1. The van der Waals surface area contributed by atoms with Gasteiger partial charge in [-0.1, -0.05) is 24.8 Å². The average Bonchev–Trinajstić information content (AvgIpc) is 3.51. The second-order valence-corrected chi connectivity index (χ2v) is 15.4. The first kappa shape index (κ1) is 48.8. The van der Waals surface area contributed by atoms with E-state index in [9.17, 15) is 42.7 Å². The summed E-state index contributed by atoms with van der Waals surface area (Å²) in [6.07, 6.45) is -2.72. The van der Waals surface area contributed by atoms with Gasteiger partial charge in [-0.25, -0.2) is 9.13 Å². The molecule has 0 spiro atoms. The van der Waals surface area contributed by atoms with Gasteiger partial charge in [-0.05, 0) is 35.9 Å². The molecule has 0 aromatic heterocycles. The number of phosphoric ester groups is 1. The van der Waals surface area contributed by atoms with Crippen molar-refractivity contribution in [2.75, 3.05) is 46.3 Å². The molecular formula is C31H46N4O18P3+. The molecule has 22 nitrogen and oxygen atoms in total. The Morgan fingerprint density at radius 3 is 2.55 bits per heavy atom. The molecule has 2 rings (SSSR count). The van der Waals surface area contributed by atoms with Gasteiger partial charge >= 0.3 is 23.9 Å². The Morgan fingerprint density at radius 2 is 1.91 bits per heavy atom. The molecule has 56 heavy (non-hydrogen) atoms. The van der Waals surface area contributed by atoms with E-state index >= 15 is 0 Å². The maximum Gasteiger partial charge on any atom is 0.705 e. The SMILES string of the molecule is CCCNC(=O)c1cccc(OCC(N)OCCOCC(=O)CC#C/C(=C/N(C(C)=O)[C@H]2C[C@@H](OCN)C(COP(=O)(O)OP(=O)(O)O[P+](=O)O)O2)C(C)=O)c1. The molecule has 0 bridgehead atoms. The summed E-state index contributed by atoms with van der Waals surface area (Å²) in [7, 11) is -14.5. The highest BCUT2D eigenvalue weighted by Crippen LogP contribution is 2.63. The second-order valence-electron chi connectivity index (χ2n) is 11.5. The van der Waals surface area contributed by atoms with Crippen LogP contribution in [0.4, 0.5) is 0 Å². The molecule has 1 aliphatic rings. The standard InChI is InChI=1S/C31H45N4O18P3/c1-4-11-34-31(39)23-7-6-10-26(14-23)48-19-29(33)47-13-12-46-17-25(38)9-5-8-24(21(2)36)16-35(22(3)37)30-15-27(49-20-32)28(51-30)18-50-55(42,43)53-56(44,45)52-54(40)41/h6-7,10,14,16,27-30H,4,9,11-13,15,17-20,32-33H2,1-3H3,(H3-,34,39,40,41,42,43,44,45)/p+1/b24-16-/t27-,28?,29?,30-/m1/s1. The highest BCUT2D eigenvalue weighted by atomic mass is 31.3. The number of rotatable bonds is 25. The summed E-state index contributed by atoms with van der Waals surface area (Å²) in [5, 5.41) is 2.78. The molecule has 0 aliphatic carbocycles. The predicted molar refractivity (Wildman–Crippen MR) is 193 cm³/mol. The van der Waals surface area contributed by atoms with Crippen LogP contribution in [0, 0.1) is 11.8 Å². The van der Waals surface area contributed by atoms with E-state index < -0.39 is 72.6 Å². The molecule has 1 aromatic rings. The van der Waals surface area contributed by atoms with Crippen LogP contribution in [0.3, 0.4) is 0 Å². The lowest BCUT2D eigenvalue weighted by molar-refractivity contribution is -0.139. The van der Waals surface area contributed by atoms with Crippen molar-refractivity contribution in [3.8, 4) is 17.6 Å². The number of amides is 2. The van der Waals surface area contributed by atoms with Gasteiger partial charge in [-0.3, -0.25) is 33.5 Å². The fourth-order valence-corrected chi connectivity index (χ4v) is 7.16. The highest BCUT2D eigenvalue weighted by Gasteiger charge is 2.45. The molecule has 1 saturated heterocycles. The lowest BCUT2D eigenvalue weighted by atomic mass is 10.1. The minimum Gasteiger partial charge on any atom is -0.489 e. The summed E-state index contributed by atoms with van der Waals surface area (Å²) >= 11 is 0. The molecule has 5 unspecified atom stereocenters. The van der Waals surface area contributed by atoms with Gasteiger partial charge in [0, 0.05) is 36.2 Å². The van der Waals surface area contributed by atoms with Gasteiger partial charge < -0.3 is 45.4 Å². The van der Waals surface area contributed by atoms with Crippen LogP contribution in [-0.4, -0.2) is 114 Å². The van der Waals surface area contributed by atoms with Gasteiger partial charge in [0.2, 0.25) is 5.91 Å². The second kappa shape index (κ2) is 24.5. The Morgan fingerprint density at radius 1 is 1.18 bits per heavy atom. The molecule has 7 atom stereocenters. The molecule has 8 N–H and O–H groups in total. The number of carbonyl (C=O) groups excluding carboxylic acids is 4. The van der Waals surface area contributed by atoms with E-state index in [2.05, 4.69) is 30.3 Å². The Kier molecular flexibility index (Phi) is 21.3. The van der Waals surface area contributed by atoms with Crippen LogP contribution in [0.5, 0.6) is 5.75 Å². The Balaban J connectivity index is 1.89. The fourth-order valence-electron chi connectivity index (χ4n) is 4.50. The molecule has 0 radical (unpaired) electrons. The lowest BCUT2D eigenvalue weighted by Crippen LogP contribution is -2.35. The summed E-state index contributed by atoms with van der Waals surface area (Å²) < 4.78 is 74.2. The van der Waals surface area contributed by atoms with Crippen LogP contribution in [0.1, 0.15) is 50.4 Å². The van der Waals surface area contributed by atoms with Crippen molar-refractivity contribution < 1.29 is 84.4 Å². The maximum atomic E-state index is 12.6. The van der Waals surface area contributed by atoms with Crippen molar-refractivity contribution in [3.63, 3.8) is 0 Å². The summed E-state index contributed by atoms with van der Waals surface area (Å²) in [5.41, 5.74) is 11.6. The molecule has 1 aromatic carbocycles. The first-order valence-electron chi connectivity index (χ1n) is 16.7. The zero-order valence-corrected chi connectivity index (χ0v) is 33.4. The summed E-state index contributed by atoms with van der Waals surface area (Å²) in [6, 6.07) is 6.60. The van der Waals surface area contributed by atoms with Gasteiger partial charge in [0.05, 0.1) is 44.6 Å². The van der Waals surface area contributed by atoms with Gasteiger partial charge in [-0.2, -0.15) is 4.31 Å². The molecule has 1 fully saturated rings. The van der Waals surface area contributed by atoms with Crippen LogP contribution < -0.4 is 21.5 Å². The molecular weight excluding hydrogens is 809 g/mol. The number of nitrogens with two attached hydrogens (primary N) is 2. The van der Waals surface area contributed by atoms with Crippen molar-refractivity contribution in [3.05, 3.63) is 41.6 Å². The third-order valence-corrected chi connectivity index (χ3v) is 10.5. The van der Waals surface area contributed by atoms with E-state index in [1.165, 1.54) is 6.92 Å². The van der Waals surface area contributed by atoms with Gasteiger partial charge in [0.15, 0.2) is 11.6 Å². The van der Waals surface area contributed by atoms with Crippen LogP contribution in [0.15, 0.2) is 36.0 Å². The third kappa shape index (κ3) is 18.7. The number of hydrogen-bond donors (Lipinski definition) is 6. The van der Waals surface area contributed by atoms with Gasteiger partial charge in [0.1, 0.15) is 37.5 Å². The number of benzene rings is 1. The first-order valence-corrected chi connectivity index (χ1v) is 20.8. The predicted octanol–water partition coefficient (Wildman–Crippen LogP) is 1.12. The number of hydrogen-bond acceptors (Lipinski definition) is 17. The van der Waals surface area contributed by atoms with E-state index in [0.717, 1.165) is 24.4 Å². The number of carbonyl (C=O) groups is 4. The number of ketones is 2. The largest absolute Gasteiger partial charge is 0.705 e. The minimum atomic E-state index is -5.49. The molecule has 2 amide bonds. The van der Waals surface area contributed by atoms with E-state index in [1.54, 1.807) is 24.3 Å². The van der Waals surface area contributed by atoms with E-state index in [0.29, 0.717) is 17.9 Å². The number of ether oxygens (including phenoxy) is 5. The molecule has 1 aliphatic heterocycles. The number of phosphoric acid groups is 2. The Labute approximate surface area is 323 Å². The van der Waals surface area contributed by atoms with Gasteiger partial charge in [0.25, 0.3) is 5.91 Å². The average molecular weight is 856 g/mol. The van der Waals surface area contributed by atoms with Crippen LogP contribution in [-0.2, 0) is 60.2 Å². The number of nitrogens with one attached hydrogen (secondary N) is 1. The van der Waals surface area contributed by atoms with Gasteiger partial charge in [-0.15, -0.1) is 4.89 Å². The van der Waals surface area contributed by atoms with Crippen LogP contribution in [0.2, 0.25) is 0 Å². The molecule has 25 heteroatoms. The van der Waals surface area contributed by atoms with Crippen molar-refractivity contribution in [2.24, 2.45) is 11.5 Å². The summed E-state index contributed by atoms with van der Waals surface area (Å²) in [4.78, 5) is 78.2. The first-order chi connectivity index (χ1) is 26.4. The highest BCUT2D eigenvalue weighted by molar-refractivity contribution is 7.64. The summed E-state index contributed by atoms with van der Waals surface area (Å²) in [6.45, 7) is 3.33. The zero-order valence-electron chi connectivity index (χ0n) is 30.7. The smallest absolute Gasteiger partial charge is 0.489 e. The summed E-state index contributed by atoms with van der Waals surface area (Å²) in [5.74, 6) is 3.69. The fraction of sp³-hybridized carbons (Fsp3) is 0.548. The number of Topliss-reactive ketones (excluding diaryl/α,β-unsaturated/α-hetero) is 2. The van der Waals surface area contributed by atoms with E-state index in [4.69, 9.17) is 40.0 Å². The van der Waals surface area contributed by atoms with Crippen LogP contribution >= 0.6 is 23.9 Å². The molecule has 312 valence electrons. The number of allylic oxidation sites excluding steroid dienone is 1. The Hall–Kier alpha value is -3.32. The quantitative estimate of drug-likeness (QED) is 0.0264. The third-order valence-electron chi connectivity index (χ3n) is 6.97. The zero-order chi connectivity index (χ0) is 41.9. The molecule has 0 saturated carbocycles. The Bertz CT molecular complexity index is 1720. The van der Waals surface area contributed by atoms with Crippen molar-refractivity contribution in [1.29, 1.82) is 0 Å². The van der Waals surface area contributed by atoms with Crippen molar-refractivity contribution in [1.82, 2.24) is 10.2 Å². The lowest BCUT2D eigenvalue weighted by Gasteiger charge is -2.24. The van der Waals surface area contributed by atoms with E-state index in [-0.39, 0.29) is 57.5 Å².